The first-order valence-electron chi connectivity index (χ1n) is 13.1. The summed E-state index contributed by atoms with van der Waals surface area (Å²) in [5.74, 6) is 1.27. The van der Waals surface area contributed by atoms with Gasteiger partial charge in [0.15, 0.2) is 0 Å². The van der Waals surface area contributed by atoms with Gasteiger partial charge >= 0.3 is 0 Å². The van der Waals surface area contributed by atoms with Gasteiger partial charge in [0.05, 0.1) is 36.8 Å². The molecule has 8 nitrogen and oxygen atoms in total. The highest BCUT2D eigenvalue weighted by Crippen LogP contribution is 2.25. The van der Waals surface area contributed by atoms with Crippen molar-refractivity contribution < 1.29 is 14.3 Å². The molecule has 2 heterocycles. The molecule has 3 aromatic rings. The molecule has 0 unspecified atom stereocenters. The molecule has 1 aromatic heterocycles. The minimum absolute atomic E-state index is 0.128. The minimum Gasteiger partial charge on any atom is -0.493 e. The molecule has 4 rings (SSSR count). The monoisotopic (exact) mass is 513 g/mol. The lowest BCUT2D eigenvalue weighted by Crippen LogP contribution is -2.37. The van der Waals surface area contributed by atoms with E-state index in [0.717, 1.165) is 67.4 Å². The van der Waals surface area contributed by atoms with E-state index in [2.05, 4.69) is 46.4 Å². The molecule has 0 atom stereocenters. The third kappa shape index (κ3) is 7.37. The maximum absolute atomic E-state index is 12.1. The van der Waals surface area contributed by atoms with Crippen LogP contribution in [0.4, 0.5) is 5.69 Å². The summed E-state index contributed by atoms with van der Waals surface area (Å²) < 4.78 is 11.5. The van der Waals surface area contributed by atoms with Crippen LogP contribution in [0.3, 0.4) is 0 Å². The number of nitrogens with one attached hydrogen (secondary N) is 1. The summed E-state index contributed by atoms with van der Waals surface area (Å²) in [6, 6.07) is 15.6. The molecule has 1 aliphatic heterocycles. The standard InChI is InChI=1S/C30H35N5O3/c1-21(2)30(36)34-26-8-7-24(19-25(26)20-31)27-9-10-32-29(33-27)18-23-6-5-22(3)28(17-23)38-14-4-11-35-12-15-37-16-13-35/h5-10,17,19,21H,4,11-16,18H2,1-3H3,(H,34,36). The van der Waals surface area contributed by atoms with E-state index in [9.17, 15) is 10.1 Å². The number of rotatable bonds is 10. The Labute approximate surface area is 224 Å². The molecule has 1 amide bonds. The Kier molecular flexibility index (Phi) is 9.41. The number of ether oxygens (including phenoxy) is 2. The van der Waals surface area contributed by atoms with Crippen molar-refractivity contribution in [2.45, 2.75) is 33.6 Å². The van der Waals surface area contributed by atoms with Crippen LogP contribution in [0.5, 0.6) is 5.75 Å². The maximum atomic E-state index is 12.1. The normalized spacial score (nSPS) is 13.8. The van der Waals surface area contributed by atoms with Gasteiger partial charge in [-0.1, -0.05) is 32.0 Å². The Bertz CT molecular complexity index is 1300. The van der Waals surface area contributed by atoms with Crippen molar-refractivity contribution in [3.63, 3.8) is 0 Å². The molecular weight excluding hydrogens is 478 g/mol. The number of nitrogens with zero attached hydrogens (tertiary/aromatic N) is 4. The van der Waals surface area contributed by atoms with Crippen molar-refractivity contribution in [3.8, 4) is 23.1 Å². The largest absolute Gasteiger partial charge is 0.493 e. The molecule has 2 aromatic carbocycles. The summed E-state index contributed by atoms with van der Waals surface area (Å²) in [5, 5.41) is 12.4. The zero-order valence-electron chi connectivity index (χ0n) is 22.4. The highest BCUT2D eigenvalue weighted by Gasteiger charge is 2.13. The second-order valence-electron chi connectivity index (χ2n) is 9.81. The molecule has 1 N–H and O–H groups in total. The molecule has 1 saturated heterocycles. The van der Waals surface area contributed by atoms with E-state index < -0.39 is 0 Å². The van der Waals surface area contributed by atoms with Gasteiger partial charge < -0.3 is 14.8 Å². The summed E-state index contributed by atoms with van der Waals surface area (Å²) in [4.78, 5) is 23.7. The van der Waals surface area contributed by atoms with E-state index >= 15 is 0 Å². The SMILES string of the molecule is Cc1ccc(Cc2nccc(-c3ccc(NC(=O)C(C)C)c(C#N)c3)n2)cc1OCCCN1CCOCC1. The molecule has 0 spiro atoms. The predicted octanol–water partition coefficient (Wildman–Crippen LogP) is 4.61. The Morgan fingerprint density at radius 2 is 2.00 bits per heavy atom. The fourth-order valence-electron chi connectivity index (χ4n) is 4.21. The minimum atomic E-state index is -0.173. The van der Waals surface area contributed by atoms with Crippen LogP contribution in [0.1, 0.15) is 42.8 Å². The summed E-state index contributed by atoms with van der Waals surface area (Å²) in [6.07, 6.45) is 3.26. The van der Waals surface area contributed by atoms with Gasteiger partial charge in [0.25, 0.3) is 0 Å². The van der Waals surface area contributed by atoms with Crippen LogP contribution >= 0.6 is 0 Å². The lowest BCUT2D eigenvalue weighted by atomic mass is 10.1. The molecule has 198 valence electrons. The summed E-state index contributed by atoms with van der Waals surface area (Å²) >= 11 is 0. The third-order valence-corrected chi connectivity index (χ3v) is 6.52. The topological polar surface area (TPSA) is 100 Å². The maximum Gasteiger partial charge on any atom is 0.226 e. The third-order valence-electron chi connectivity index (χ3n) is 6.52. The van der Waals surface area contributed by atoms with Gasteiger partial charge in [-0.05, 0) is 48.7 Å². The van der Waals surface area contributed by atoms with E-state index in [1.807, 2.05) is 26.0 Å². The van der Waals surface area contributed by atoms with Crippen LogP contribution in [0.15, 0.2) is 48.7 Å². The van der Waals surface area contributed by atoms with Gasteiger partial charge in [0.1, 0.15) is 17.6 Å². The molecule has 38 heavy (non-hydrogen) atoms. The van der Waals surface area contributed by atoms with E-state index in [1.165, 1.54) is 0 Å². The number of carbonyl (C=O) groups is 1. The summed E-state index contributed by atoms with van der Waals surface area (Å²) in [5.41, 5.74) is 4.58. The molecule has 8 heteroatoms. The van der Waals surface area contributed by atoms with Gasteiger partial charge in [-0.3, -0.25) is 9.69 Å². The number of hydrogen-bond acceptors (Lipinski definition) is 7. The second kappa shape index (κ2) is 13.1. The average molecular weight is 514 g/mol. The van der Waals surface area contributed by atoms with Crippen molar-refractivity contribution in [2.24, 2.45) is 5.92 Å². The van der Waals surface area contributed by atoms with Crippen LogP contribution in [0.25, 0.3) is 11.3 Å². The number of nitriles is 1. The summed E-state index contributed by atoms with van der Waals surface area (Å²) in [6.45, 7) is 11.0. The van der Waals surface area contributed by atoms with Crippen LogP contribution < -0.4 is 10.1 Å². The number of carbonyl (C=O) groups excluding carboxylic acids is 1. The first-order valence-corrected chi connectivity index (χ1v) is 13.1. The predicted molar refractivity (Wildman–Crippen MR) is 147 cm³/mol. The smallest absolute Gasteiger partial charge is 0.226 e. The number of benzene rings is 2. The Hall–Kier alpha value is -3.80. The lowest BCUT2D eigenvalue weighted by Gasteiger charge is -2.26. The number of anilines is 1. The fourth-order valence-corrected chi connectivity index (χ4v) is 4.21. The van der Waals surface area contributed by atoms with Gasteiger partial charge in [-0.25, -0.2) is 9.97 Å². The molecule has 1 aliphatic rings. The first-order chi connectivity index (χ1) is 18.4. The van der Waals surface area contributed by atoms with Gasteiger partial charge in [-0.15, -0.1) is 0 Å². The van der Waals surface area contributed by atoms with Crippen molar-refractivity contribution in [3.05, 3.63) is 71.2 Å². The van der Waals surface area contributed by atoms with Crippen LogP contribution in [0, 0.1) is 24.2 Å². The molecule has 0 radical (unpaired) electrons. The zero-order chi connectivity index (χ0) is 26.9. The fraction of sp³-hybridized carbons (Fsp3) is 0.400. The Morgan fingerprint density at radius 3 is 2.76 bits per heavy atom. The Balaban J connectivity index is 1.41. The van der Waals surface area contributed by atoms with Crippen LogP contribution in [0.2, 0.25) is 0 Å². The molecule has 0 saturated carbocycles. The second-order valence-corrected chi connectivity index (χ2v) is 9.81. The number of aryl methyl sites for hydroxylation is 1. The van der Waals surface area contributed by atoms with Crippen molar-refractivity contribution in [1.82, 2.24) is 14.9 Å². The van der Waals surface area contributed by atoms with Gasteiger partial charge in [0.2, 0.25) is 5.91 Å². The van der Waals surface area contributed by atoms with Gasteiger partial charge in [-0.2, -0.15) is 5.26 Å². The van der Waals surface area contributed by atoms with Gasteiger partial charge in [0, 0.05) is 43.7 Å². The molecule has 0 bridgehead atoms. The highest BCUT2D eigenvalue weighted by atomic mass is 16.5. The highest BCUT2D eigenvalue weighted by molar-refractivity contribution is 5.93. The van der Waals surface area contributed by atoms with Crippen molar-refractivity contribution in [2.75, 3.05) is 44.8 Å². The van der Waals surface area contributed by atoms with Crippen molar-refractivity contribution in [1.29, 1.82) is 5.26 Å². The number of hydrogen-bond donors (Lipinski definition) is 1. The van der Waals surface area contributed by atoms with Crippen LogP contribution in [-0.2, 0) is 16.0 Å². The van der Waals surface area contributed by atoms with E-state index in [-0.39, 0.29) is 11.8 Å². The summed E-state index contributed by atoms with van der Waals surface area (Å²) in [7, 11) is 0. The van der Waals surface area contributed by atoms with Crippen molar-refractivity contribution >= 4 is 11.6 Å². The number of morpholine rings is 1. The first kappa shape index (κ1) is 27.2. The molecule has 0 aliphatic carbocycles. The molecular formula is C30H35N5O3. The number of aromatic nitrogens is 2. The van der Waals surface area contributed by atoms with Crippen LogP contribution in [-0.4, -0.2) is 60.2 Å². The number of amides is 1. The molecule has 1 fully saturated rings. The average Bonchev–Trinajstić information content (AvgIpc) is 2.93. The lowest BCUT2D eigenvalue weighted by molar-refractivity contribution is -0.118. The quantitative estimate of drug-likeness (QED) is 0.395. The van der Waals surface area contributed by atoms with E-state index in [0.29, 0.717) is 30.1 Å². The Morgan fingerprint density at radius 1 is 1.18 bits per heavy atom. The van der Waals surface area contributed by atoms with E-state index in [4.69, 9.17) is 14.5 Å². The van der Waals surface area contributed by atoms with E-state index in [1.54, 1.807) is 18.3 Å². The zero-order valence-corrected chi connectivity index (χ0v) is 22.4.